The summed E-state index contributed by atoms with van der Waals surface area (Å²) in [4.78, 5) is 0. The van der Waals surface area contributed by atoms with Gasteiger partial charge in [0.2, 0.25) is 0 Å². The third-order valence-electron chi connectivity index (χ3n) is 2.49. The van der Waals surface area contributed by atoms with Crippen LogP contribution in [0.5, 0.6) is 0 Å². The molecular formula is C11H21NO2. The monoisotopic (exact) mass is 199 g/mol. The SMILES string of the molecule is CCCNC(C1=CCCO1)C(C)OC. The lowest BCUT2D eigenvalue weighted by Gasteiger charge is -2.24. The van der Waals surface area contributed by atoms with Crippen molar-refractivity contribution >= 4 is 0 Å². The Kier molecular flexibility index (Phi) is 4.98. The van der Waals surface area contributed by atoms with Crippen LogP contribution < -0.4 is 5.32 Å². The second-order valence-corrected chi connectivity index (χ2v) is 3.62. The van der Waals surface area contributed by atoms with Crippen molar-refractivity contribution < 1.29 is 9.47 Å². The normalized spacial score (nSPS) is 20.1. The number of rotatable bonds is 6. The van der Waals surface area contributed by atoms with E-state index < -0.39 is 0 Å². The number of hydrogen-bond donors (Lipinski definition) is 1. The average Bonchev–Trinajstić information content (AvgIpc) is 2.71. The first kappa shape index (κ1) is 11.5. The topological polar surface area (TPSA) is 30.5 Å². The fraction of sp³-hybridized carbons (Fsp3) is 0.818. The Labute approximate surface area is 86.5 Å². The molecule has 2 unspecified atom stereocenters. The Morgan fingerprint density at radius 2 is 2.43 bits per heavy atom. The summed E-state index contributed by atoms with van der Waals surface area (Å²) in [5.41, 5.74) is 0. The van der Waals surface area contributed by atoms with Crippen LogP contribution in [0.4, 0.5) is 0 Å². The molecule has 3 heteroatoms. The van der Waals surface area contributed by atoms with Crippen LogP contribution in [0.1, 0.15) is 26.7 Å². The maximum Gasteiger partial charge on any atom is 0.112 e. The van der Waals surface area contributed by atoms with E-state index >= 15 is 0 Å². The second kappa shape index (κ2) is 6.04. The average molecular weight is 199 g/mol. The summed E-state index contributed by atoms with van der Waals surface area (Å²) >= 11 is 0. The molecular weight excluding hydrogens is 178 g/mol. The van der Waals surface area contributed by atoms with Crippen LogP contribution in [0, 0.1) is 0 Å². The van der Waals surface area contributed by atoms with Crippen LogP contribution in [0.15, 0.2) is 11.8 Å². The Morgan fingerprint density at radius 3 is 2.93 bits per heavy atom. The highest BCUT2D eigenvalue weighted by Crippen LogP contribution is 2.17. The van der Waals surface area contributed by atoms with E-state index in [0.29, 0.717) is 0 Å². The van der Waals surface area contributed by atoms with E-state index in [-0.39, 0.29) is 12.1 Å². The van der Waals surface area contributed by atoms with Crippen LogP contribution in [0.25, 0.3) is 0 Å². The van der Waals surface area contributed by atoms with Gasteiger partial charge in [0.1, 0.15) is 5.76 Å². The highest BCUT2D eigenvalue weighted by atomic mass is 16.5. The molecule has 0 saturated carbocycles. The fourth-order valence-electron chi connectivity index (χ4n) is 1.59. The molecule has 0 amide bonds. The Morgan fingerprint density at radius 1 is 1.64 bits per heavy atom. The number of ether oxygens (including phenoxy) is 2. The van der Waals surface area contributed by atoms with Crippen molar-refractivity contribution in [3.8, 4) is 0 Å². The molecule has 14 heavy (non-hydrogen) atoms. The van der Waals surface area contributed by atoms with E-state index in [1.165, 1.54) is 0 Å². The molecule has 0 aromatic carbocycles. The Bertz CT molecular complexity index is 192. The first-order valence-corrected chi connectivity index (χ1v) is 5.38. The van der Waals surface area contributed by atoms with Gasteiger partial charge in [0.15, 0.2) is 0 Å². The van der Waals surface area contributed by atoms with Gasteiger partial charge in [0.05, 0.1) is 18.8 Å². The van der Waals surface area contributed by atoms with Crippen molar-refractivity contribution in [3.63, 3.8) is 0 Å². The van der Waals surface area contributed by atoms with Crippen molar-refractivity contribution in [1.82, 2.24) is 5.32 Å². The maximum atomic E-state index is 5.55. The lowest BCUT2D eigenvalue weighted by Crippen LogP contribution is -2.41. The van der Waals surface area contributed by atoms with Crippen molar-refractivity contribution in [1.29, 1.82) is 0 Å². The predicted molar refractivity (Wildman–Crippen MR) is 57.2 cm³/mol. The highest BCUT2D eigenvalue weighted by molar-refractivity contribution is 5.09. The zero-order chi connectivity index (χ0) is 10.4. The van der Waals surface area contributed by atoms with Gasteiger partial charge in [0.25, 0.3) is 0 Å². The molecule has 0 aromatic rings. The Hall–Kier alpha value is -0.540. The molecule has 0 bridgehead atoms. The lowest BCUT2D eigenvalue weighted by molar-refractivity contribution is 0.0713. The number of methoxy groups -OCH3 is 1. The van der Waals surface area contributed by atoms with Gasteiger partial charge in [-0.1, -0.05) is 6.92 Å². The molecule has 2 atom stereocenters. The molecule has 1 rings (SSSR count). The van der Waals surface area contributed by atoms with Gasteiger partial charge in [0, 0.05) is 13.5 Å². The van der Waals surface area contributed by atoms with Crippen LogP contribution in [-0.2, 0) is 9.47 Å². The van der Waals surface area contributed by atoms with E-state index in [2.05, 4.69) is 25.2 Å². The quantitative estimate of drug-likeness (QED) is 0.706. The van der Waals surface area contributed by atoms with Gasteiger partial charge in [-0.05, 0) is 26.0 Å². The minimum absolute atomic E-state index is 0.158. The Balaban J connectivity index is 2.51. The van der Waals surface area contributed by atoms with Gasteiger partial charge >= 0.3 is 0 Å². The van der Waals surface area contributed by atoms with Crippen LogP contribution in [-0.4, -0.2) is 32.4 Å². The molecule has 0 aliphatic carbocycles. The van der Waals surface area contributed by atoms with Gasteiger partial charge in [-0.15, -0.1) is 0 Å². The fourth-order valence-corrected chi connectivity index (χ4v) is 1.59. The van der Waals surface area contributed by atoms with Crippen molar-refractivity contribution in [2.24, 2.45) is 0 Å². The smallest absolute Gasteiger partial charge is 0.112 e. The second-order valence-electron chi connectivity index (χ2n) is 3.62. The number of hydrogen-bond acceptors (Lipinski definition) is 3. The van der Waals surface area contributed by atoms with Gasteiger partial charge in [-0.3, -0.25) is 0 Å². The van der Waals surface area contributed by atoms with E-state index in [9.17, 15) is 0 Å². The largest absolute Gasteiger partial charge is 0.496 e. The molecule has 3 nitrogen and oxygen atoms in total. The number of nitrogens with one attached hydrogen (secondary N) is 1. The van der Waals surface area contributed by atoms with E-state index in [4.69, 9.17) is 9.47 Å². The highest BCUT2D eigenvalue weighted by Gasteiger charge is 2.23. The zero-order valence-electron chi connectivity index (χ0n) is 9.38. The van der Waals surface area contributed by atoms with Crippen molar-refractivity contribution in [3.05, 3.63) is 11.8 Å². The molecule has 82 valence electrons. The standard InChI is InChI=1S/C11H21NO2/c1-4-7-12-11(9(2)13-3)10-6-5-8-14-10/h6,9,11-12H,4-5,7-8H2,1-3H3. The predicted octanol–water partition coefficient (Wildman–Crippen LogP) is 1.69. The summed E-state index contributed by atoms with van der Waals surface area (Å²) in [5, 5.41) is 3.44. The van der Waals surface area contributed by atoms with Gasteiger partial charge in [-0.25, -0.2) is 0 Å². The zero-order valence-corrected chi connectivity index (χ0v) is 9.38. The minimum atomic E-state index is 0.158. The molecule has 1 heterocycles. The van der Waals surface area contributed by atoms with E-state index in [1.807, 2.05) is 0 Å². The molecule has 1 aliphatic rings. The molecule has 0 spiro atoms. The third kappa shape index (κ3) is 3.00. The summed E-state index contributed by atoms with van der Waals surface area (Å²) in [5.74, 6) is 1.05. The summed E-state index contributed by atoms with van der Waals surface area (Å²) < 4.78 is 10.9. The van der Waals surface area contributed by atoms with Crippen LogP contribution >= 0.6 is 0 Å². The van der Waals surface area contributed by atoms with Gasteiger partial charge in [-0.2, -0.15) is 0 Å². The van der Waals surface area contributed by atoms with Gasteiger partial charge < -0.3 is 14.8 Å². The minimum Gasteiger partial charge on any atom is -0.496 e. The van der Waals surface area contributed by atoms with E-state index in [0.717, 1.165) is 31.8 Å². The summed E-state index contributed by atoms with van der Waals surface area (Å²) in [6.45, 7) is 6.04. The van der Waals surface area contributed by atoms with Crippen LogP contribution in [0.2, 0.25) is 0 Å². The van der Waals surface area contributed by atoms with E-state index in [1.54, 1.807) is 7.11 Å². The lowest BCUT2D eigenvalue weighted by atomic mass is 10.1. The van der Waals surface area contributed by atoms with Crippen molar-refractivity contribution in [2.75, 3.05) is 20.3 Å². The molecule has 0 aromatic heterocycles. The van der Waals surface area contributed by atoms with Crippen LogP contribution in [0.3, 0.4) is 0 Å². The molecule has 1 aliphatic heterocycles. The maximum absolute atomic E-state index is 5.55. The third-order valence-corrected chi connectivity index (χ3v) is 2.49. The molecule has 0 radical (unpaired) electrons. The molecule has 0 fully saturated rings. The van der Waals surface area contributed by atoms with Crippen molar-refractivity contribution in [2.45, 2.75) is 38.8 Å². The molecule has 0 saturated heterocycles. The first-order valence-electron chi connectivity index (χ1n) is 5.38. The molecule has 1 N–H and O–H groups in total. The first-order chi connectivity index (χ1) is 6.79. The summed E-state index contributed by atoms with van der Waals surface area (Å²) in [6.07, 6.45) is 4.46. The summed E-state index contributed by atoms with van der Waals surface area (Å²) in [6, 6.07) is 0.211. The summed E-state index contributed by atoms with van der Waals surface area (Å²) in [7, 11) is 1.74.